The van der Waals surface area contributed by atoms with E-state index in [1.165, 1.54) is 0 Å². The Morgan fingerprint density at radius 1 is 1.00 bits per heavy atom. The number of hydrogen-bond acceptors (Lipinski definition) is 5. The summed E-state index contributed by atoms with van der Waals surface area (Å²) in [6.45, 7) is 1.81. The van der Waals surface area contributed by atoms with Gasteiger partial charge in [-0.15, -0.1) is 0 Å². The molecule has 0 unspecified atom stereocenters. The van der Waals surface area contributed by atoms with E-state index in [2.05, 4.69) is 25.5 Å². The van der Waals surface area contributed by atoms with Crippen molar-refractivity contribution >= 4 is 22.5 Å². The molecule has 3 aromatic heterocycles. The number of benzene rings is 2. The Kier molecular flexibility index (Phi) is 4.76. The molecule has 152 valence electrons. The second kappa shape index (κ2) is 7.87. The third-order valence-electron chi connectivity index (χ3n) is 5.06. The maximum Gasteiger partial charge on any atom is 0.231 e. The second-order valence-corrected chi connectivity index (χ2v) is 7.23. The molecule has 1 amide bonds. The highest BCUT2D eigenvalue weighted by molar-refractivity contribution is 5.94. The Labute approximate surface area is 178 Å². The molecule has 7 nitrogen and oxygen atoms in total. The minimum atomic E-state index is -0.200. The van der Waals surface area contributed by atoms with Gasteiger partial charge in [-0.25, -0.2) is 9.97 Å². The molecule has 2 N–H and O–H groups in total. The van der Waals surface area contributed by atoms with E-state index in [9.17, 15) is 4.79 Å². The summed E-state index contributed by atoms with van der Waals surface area (Å²) in [5, 5.41) is 11.6. The highest BCUT2D eigenvalue weighted by Crippen LogP contribution is 2.25. The molecule has 0 bridgehead atoms. The Morgan fingerprint density at radius 2 is 1.87 bits per heavy atom. The number of aryl methyl sites for hydroxylation is 1. The third kappa shape index (κ3) is 3.93. The molecule has 3 heterocycles. The van der Waals surface area contributed by atoms with Crippen LogP contribution in [0.2, 0.25) is 0 Å². The Hall–Kier alpha value is -4.26. The average Bonchev–Trinajstić information content (AvgIpc) is 3.44. The molecule has 0 radical (unpaired) electrons. The number of nitrogens with one attached hydrogen (secondary N) is 2. The number of nitrogens with zero attached hydrogens (tertiary/aromatic N) is 3. The average molecular weight is 409 g/mol. The second-order valence-electron chi connectivity index (χ2n) is 7.23. The number of aromatic nitrogens is 4. The van der Waals surface area contributed by atoms with Gasteiger partial charge in [-0.2, -0.15) is 5.10 Å². The summed E-state index contributed by atoms with van der Waals surface area (Å²) in [4.78, 5) is 21.5. The number of aromatic amines is 1. The van der Waals surface area contributed by atoms with E-state index < -0.39 is 0 Å². The number of oxazole rings is 1. The zero-order valence-corrected chi connectivity index (χ0v) is 16.8. The van der Waals surface area contributed by atoms with Crippen LogP contribution in [0.4, 0.5) is 5.82 Å². The van der Waals surface area contributed by atoms with Crippen molar-refractivity contribution in [2.24, 2.45) is 0 Å². The lowest BCUT2D eigenvalue weighted by Gasteiger charge is -2.06. The van der Waals surface area contributed by atoms with Gasteiger partial charge in [-0.05, 0) is 42.1 Å². The number of carbonyl (C=O) groups excluding carboxylic acids is 1. The van der Waals surface area contributed by atoms with Crippen molar-refractivity contribution in [3.8, 4) is 22.6 Å². The summed E-state index contributed by atoms with van der Waals surface area (Å²) in [6.07, 6.45) is 5.47. The van der Waals surface area contributed by atoms with Crippen molar-refractivity contribution in [2.45, 2.75) is 13.3 Å². The summed E-state index contributed by atoms with van der Waals surface area (Å²) in [5.41, 5.74) is 3.53. The third-order valence-corrected chi connectivity index (χ3v) is 5.06. The lowest BCUT2D eigenvalue weighted by molar-refractivity contribution is -0.115. The lowest BCUT2D eigenvalue weighted by atomic mass is 10.1. The number of anilines is 1. The fourth-order valence-corrected chi connectivity index (χ4v) is 3.43. The van der Waals surface area contributed by atoms with Gasteiger partial charge < -0.3 is 9.73 Å². The van der Waals surface area contributed by atoms with E-state index in [0.29, 0.717) is 23.2 Å². The molecule has 31 heavy (non-hydrogen) atoms. The van der Waals surface area contributed by atoms with Gasteiger partial charge in [0, 0.05) is 28.9 Å². The first-order valence-electron chi connectivity index (χ1n) is 9.86. The van der Waals surface area contributed by atoms with Crippen molar-refractivity contribution in [2.75, 3.05) is 5.32 Å². The minimum absolute atomic E-state index is 0.108. The molecular weight excluding hydrogens is 390 g/mol. The number of carbonyl (C=O) groups is 1. The number of pyridine rings is 1. The molecule has 0 saturated heterocycles. The van der Waals surface area contributed by atoms with Crippen LogP contribution in [0.1, 0.15) is 11.5 Å². The molecule has 0 saturated carbocycles. The van der Waals surface area contributed by atoms with E-state index in [1.54, 1.807) is 12.4 Å². The van der Waals surface area contributed by atoms with Gasteiger partial charge in [0.05, 0.1) is 18.3 Å². The summed E-state index contributed by atoms with van der Waals surface area (Å²) >= 11 is 0. The minimum Gasteiger partial charge on any atom is -0.441 e. The summed E-state index contributed by atoms with van der Waals surface area (Å²) in [7, 11) is 0. The van der Waals surface area contributed by atoms with Crippen LogP contribution < -0.4 is 5.32 Å². The monoisotopic (exact) mass is 409 g/mol. The summed E-state index contributed by atoms with van der Waals surface area (Å²) in [5.74, 6) is 1.43. The number of amides is 1. The highest BCUT2D eigenvalue weighted by Gasteiger charge is 2.15. The van der Waals surface area contributed by atoms with Crippen LogP contribution in [0.3, 0.4) is 0 Å². The molecule has 0 aliphatic rings. The fourth-order valence-electron chi connectivity index (χ4n) is 3.43. The smallest absolute Gasteiger partial charge is 0.231 e. The first-order chi connectivity index (χ1) is 15.2. The van der Waals surface area contributed by atoms with Crippen molar-refractivity contribution < 1.29 is 9.21 Å². The van der Waals surface area contributed by atoms with Gasteiger partial charge in [0.2, 0.25) is 11.8 Å². The first kappa shape index (κ1) is 18.7. The summed E-state index contributed by atoms with van der Waals surface area (Å²) in [6, 6.07) is 17.5. The van der Waals surface area contributed by atoms with Crippen LogP contribution in [0.15, 0.2) is 77.6 Å². The van der Waals surface area contributed by atoms with E-state index in [-0.39, 0.29) is 12.3 Å². The predicted octanol–water partition coefficient (Wildman–Crippen LogP) is 4.77. The SMILES string of the molecule is Cc1oc(-c2ccccc2)nc1CC(=O)Nc1cc2cc(-c3cn[nH]c3)ccc2cn1. The molecular formula is C24H19N5O2. The maximum atomic E-state index is 12.6. The molecule has 7 heteroatoms. The standard InChI is InChI=1S/C24H19N5O2/c1-15-21(28-24(31-15)16-5-3-2-4-6-16)11-23(30)29-22-10-19-9-17(20-13-26-27-14-20)7-8-18(19)12-25-22/h2-10,12-14H,11H2,1H3,(H,26,27)(H,25,29,30). The molecule has 0 aliphatic heterocycles. The van der Waals surface area contributed by atoms with Crippen LogP contribution in [-0.2, 0) is 11.2 Å². The van der Waals surface area contributed by atoms with Gasteiger partial charge in [0.1, 0.15) is 11.6 Å². The van der Waals surface area contributed by atoms with E-state index in [4.69, 9.17) is 4.42 Å². The zero-order valence-electron chi connectivity index (χ0n) is 16.8. The highest BCUT2D eigenvalue weighted by atomic mass is 16.4. The lowest BCUT2D eigenvalue weighted by Crippen LogP contribution is -2.16. The van der Waals surface area contributed by atoms with Crippen LogP contribution in [0.25, 0.3) is 33.4 Å². The van der Waals surface area contributed by atoms with Crippen LogP contribution in [-0.4, -0.2) is 26.1 Å². The summed E-state index contributed by atoms with van der Waals surface area (Å²) < 4.78 is 5.74. The molecule has 2 aromatic carbocycles. The van der Waals surface area contributed by atoms with Gasteiger partial charge in [-0.3, -0.25) is 9.89 Å². The van der Waals surface area contributed by atoms with Crippen molar-refractivity contribution in [3.05, 3.63) is 84.6 Å². The van der Waals surface area contributed by atoms with Gasteiger partial charge in [0.15, 0.2) is 0 Å². The number of H-pyrrole nitrogens is 1. The topological polar surface area (TPSA) is 96.7 Å². The number of rotatable bonds is 5. The maximum absolute atomic E-state index is 12.6. The predicted molar refractivity (Wildman–Crippen MR) is 118 cm³/mol. The largest absolute Gasteiger partial charge is 0.441 e. The molecule has 0 aliphatic carbocycles. The van der Waals surface area contributed by atoms with E-state index >= 15 is 0 Å². The van der Waals surface area contributed by atoms with Crippen molar-refractivity contribution in [1.82, 2.24) is 20.2 Å². The van der Waals surface area contributed by atoms with E-state index in [1.807, 2.05) is 67.7 Å². The molecule has 0 spiro atoms. The zero-order chi connectivity index (χ0) is 21.2. The van der Waals surface area contributed by atoms with Crippen LogP contribution >= 0.6 is 0 Å². The quantitative estimate of drug-likeness (QED) is 0.436. The van der Waals surface area contributed by atoms with Crippen LogP contribution in [0.5, 0.6) is 0 Å². The van der Waals surface area contributed by atoms with Crippen LogP contribution in [0, 0.1) is 6.92 Å². The Balaban J connectivity index is 1.34. The Morgan fingerprint density at radius 3 is 2.68 bits per heavy atom. The molecule has 5 aromatic rings. The molecule has 0 fully saturated rings. The Bertz CT molecular complexity index is 1360. The number of fused-ring (bicyclic) bond motifs is 1. The first-order valence-corrected chi connectivity index (χ1v) is 9.86. The number of hydrogen-bond donors (Lipinski definition) is 2. The van der Waals surface area contributed by atoms with Gasteiger partial charge in [0.25, 0.3) is 0 Å². The van der Waals surface area contributed by atoms with Crippen molar-refractivity contribution in [1.29, 1.82) is 0 Å². The van der Waals surface area contributed by atoms with E-state index in [0.717, 1.165) is 27.5 Å². The fraction of sp³-hybridized carbons (Fsp3) is 0.0833. The van der Waals surface area contributed by atoms with Gasteiger partial charge >= 0.3 is 0 Å². The van der Waals surface area contributed by atoms with Crippen molar-refractivity contribution in [3.63, 3.8) is 0 Å². The normalized spacial score (nSPS) is 11.0. The van der Waals surface area contributed by atoms with Gasteiger partial charge in [-0.1, -0.05) is 30.3 Å². The molecule has 5 rings (SSSR count). The molecule has 0 atom stereocenters.